The third-order valence-corrected chi connectivity index (χ3v) is 7.57. The summed E-state index contributed by atoms with van der Waals surface area (Å²) in [6.45, 7) is 1.66. The number of amides is 1. The van der Waals surface area contributed by atoms with Crippen molar-refractivity contribution in [2.45, 2.75) is 56.3 Å². The Bertz CT molecular complexity index is 679. The Labute approximate surface area is 156 Å². The van der Waals surface area contributed by atoms with E-state index < -0.39 is 10.0 Å². The smallest absolute Gasteiger partial charge is 0.244 e. The van der Waals surface area contributed by atoms with Crippen LogP contribution in [0, 0.1) is 11.8 Å². The van der Waals surface area contributed by atoms with Crippen LogP contribution in [0.3, 0.4) is 0 Å². The summed E-state index contributed by atoms with van der Waals surface area (Å²) in [5, 5.41) is 3.04. The third-order valence-electron chi connectivity index (χ3n) is 5.69. The topological polar surface area (TPSA) is 79.4 Å². The van der Waals surface area contributed by atoms with Crippen molar-refractivity contribution >= 4 is 15.9 Å². The Kier molecular flexibility index (Phi) is 6.64. The molecule has 0 atom stereocenters. The van der Waals surface area contributed by atoms with Crippen molar-refractivity contribution in [3.8, 4) is 0 Å². The summed E-state index contributed by atoms with van der Waals surface area (Å²) in [6.07, 6.45) is 11.3. The number of nitrogens with zero attached hydrogens (tertiary/aromatic N) is 2. The molecule has 2 fully saturated rings. The number of pyridine rings is 1. The molecule has 1 aromatic rings. The van der Waals surface area contributed by atoms with Gasteiger partial charge in [-0.3, -0.25) is 9.78 Å². The lowest BCUT2D eigenvalue weighted by Crippen LogP contribution is -2.41. The Balaban J connectivity index is 1.39. The molecule has 0 radical (unpaired) electrons. The lowest BCUT2D eigenvalue weighted by Gasteiger charge is -2.31. The molecule has 144 valence electrons. The molecule has 1 saturated heterocycles. The van der Waals surface area contributed by atoms with Gasteiger partial charge in [-0.25, -0.2) is 8.42 Å². The summed E-state index contributed by atoms with van der Waals surface area (Å²) in [5.41, 5.74) is 0. The molecule has 7 heteroatoms. The van der Waals surface area contributed by atoms with Crippen LogP contribution in [-0.4, -0.2) is 43.2 Å². The molecule has 2 aliphatic rings. The van der Waals surface area contributed by atoms with Gasteiger partial charge in [-0.2, -0.15) is 4.31 Å². The molecule has 0 spiro atoms. The molecule has 1 aromatic heterocycles. The van der Waals surface area contributed by atoms with Crippen molar-refractivity contribution in [1.82, 2.24) is 14.6 Å². The van der Waals surface area contributed by atoms with E-state index in [4.69, 9.17) is 0 Å². The minimum absolute atomic E-state index is 0.141. The third kappa shape index (κ3) is 5.04. The van der Waals surface area contributed by atoms with Gasteiger partial charge in [-0.05, 0) is 43.2 Å². The minimum atomic E-state index is -3.45. The zero-order valence-electron chi connectivity index (χ0n) is 15.3. The summed E-state index contributed by atoms with van der Waals surface area (Å²) in [7, 11) is -3.45. The standard InChI is InChI=1S/C19H29N3O3S/c23-19(8-7-16-4-1-2-5-16)21-14-17-9-12-22(13-10-17)26(24,25)18-6-3-11-20-15-18/h3,6,11,15-17H,1-2,4-5,7-10,12-14H2,(H,21,23). The molecule has 1 aliphatic heterocycles. The number of aromatic nitrogens is 1. The normalized spacial score (nSPS) is 20.3. The average Bonchev–Trinajstić information content (AvgIpc) is 3.19. The quantitative estimate of drug-likeness (QED) is 0.790. The summed E-state index contributed by atoms with van der Waals surface area (Å²) in [5.74, 6) is 1.23. The summed E-state index contributed by atoms with van der Waals surface area (Å²) >= 11 is 0. The van der Waals surface area contributed by atoms with Crippen molar-refractivity contribution < 1.29 is 13.2 Å². The molecule has 1 N–H and O–H groups in total. The Morgan fingerprint density at radius 2 is 1.88 bits per heavy atom. The first-order valence-electron chi connectivity index (χ1n) is 9.72. The lowest BCUT2D eigenvalue weighted by molar-refractivity contribution is -0.121. The van der Waals surface area contributed by atoms with Crippen LogP contribution >= 0.6 is 0 Å². The van der Waals surface area contributed by atoms with E-state index >= 15 is 0 Å². The monoisotopic (exact) mass is 379 g/mol. The SMILES string of the molecule is O=C(CCC1CCCC1)NCC1CCN(S(=O)(=O)c2cccnc2)CC1. The highest BCUT2D eigenvalue weighted by Crippen LogP contribution is 2.28. The predicted octanol–water partition coefficient (Wildman–Crippen LogP) is 2.57. The van der Waals surface area contributed by atoms with E-state index in [1.807, 2.05) is 0 Å². The molecule has 26 heavy (non-hydrogen) atoms. The number of rotatable bonds is 7. The molecule has 3 rings (SSSR count). The summed E-state index contributed by atoms with van der Waals surface area (Å²) < 4.78 is 26.7. The van der Waals surface area contributed by atoms with Gasteiger partial charge in [0, 0.05) is 38.4 Å². The fourth-order valence-electron chi connectivity index (χ4n) is 3.98. The average molecular weight is 380 g/mol. The van der Waals surface area contributed by atoms with E-state index in [0.29, 0.717) is 32.0 Å². The van der Waals surface area contributed by atoms with Crippen LogP contribution in [0.2, 0.25) is 0 Å². The van der Waals surface area contributed by atoms with E-state index in [1.165, 1.54) is 36.2 Å². The maximum atomic E-state index is 12.6. The molecular weight excluding hydrogens is 350 g/mol. The van der Waals surface area contributed by atoms with Crippen molar-refractivity contribution in [1.29, 1.82) is 0 Å². The second-order valence-electron chi connectivity index (χ2n) is 7.53. The van der Waals surface area contributed by atoms with Crippen molar-refractivity contribution in [2.75, 3.05) is 19.6 Å². The molecular formula is C19H29N3O3S. The van der Waals surface area contributed by atoms with Crippen LogP contribution in [0.1, 0.15) is 51.4 Å². The second kappa shape index (κ2) is 8.95. The number of hydrogen-bond acceptors (Lipinski definition) is 4. The van der Waals surface area contributed by atoms with Crippen molar-refractivity contribution in [2.24, 2.45) is 11.8 Å². The number of piperidine rings is 1. The molecule has 1 amide bonds. The largest absolute Gasteiger partial charge is 0.356 e. The van der Waals surface area contributed by atoms with Gasteiger partial charge in [0.2, 0.25) is 15.9 Å². The summed E-state index contributed by atoms with van der Waals surface area (Å²) in [4.78, 5) is 16.2. The van der Waals surface area contributed by atoms with Crippen LogP contribution in [0.25, 0.3) is 0 Å². The fraction of sp³-hybridized carbons (Fsp3) is 0.684. The highest BCUT2D eigenvalue weighted by molar-refractivity contribution is 7.89. The van der Waals surface area contributed by atoms with Gasteiger partial charge in [-0.1, -0.05) is 25.7 Å². The van der Waals surface area contributed by atoms with Gasteiger partial charge in [0.25, 0.3) is 0 Å². The number of hydrogen-bond donors (Lipinski definition) is 1. The van der Waals surface area contributed by atoms with Gasteiger partial charge < -0.3 is 5.32 Å². The molecule has 6 nitrogen and oxygen atoms in total. The molecule has 1 saturated carbocycles. The maximum Gasteiger partial charge on any atom is 0.244 e. The zero-order chi connectivity index (χ0) is 18.4. The van der Waals surface area contributed by atoms with Gasteiger partial charge >= 0.3 is 0 Å². The number of carbonyl (C=O) groups excluding carboxylic acids is 1. The molecule has 1 aliphatic carbocycles. The second-order valence-corrected chi connectivity index (χ2v) is 9.47. The van der Waals surface area contributed by atoms with E-state index in [1.54, 1.807) is 18.3 Å². The predicted molar refractivity (Wildman–Crippen MR) is 99.9 cm³/mol. The zero-order valence-corrected chi connectivity index (χ0v) is 16.1. The first kappa shape index (κ1) is 19.3. The molecule has 0 unspecified atom stereocenters. The van der Waals surface area contributed by atoms with Gasteiger partial charge in [0.1, 0.15) is 4.90 Å². The van der Waals surface area contributed by atoms with Crippen LogP contribution in [0.15, 0.2) is 29.4 Å². The maximum absolute atomic E-state index is 12.6. The Morgan fingerprint density at radius 3 is 2.54 bits per heavy atom. The minimum Gasteiger partial charge on any atom is -0.356 e. The van der Waals surface area contributed by atoms with E-state index in [-0.39, 0.29) is 10.8 Å². The first-order valence-corrected chi connectivity index (χ1v) is 11.2. The number of nitrogens with one attached hydrogen (secondary N) is 1. The fourth-order valence-corrected chi connectivity index (χ4v) is 5.42. The lowest BCUT2D eigenvalue weighted by atomic mass is 9.98. The van der Waals surface area contributed by atoms with Crippen LogP contribution in [-0.2, 0) is 14.8 Å². The Hall–Kier alpha value is -1.47. The summed E-state index contributed by atoms with van der Waals surface area (Å²) in [6, 6.07) is 3.22. The van der Waals surface area contributed by atoms with E-state index in [2.05, 4.69) is 10.3 Å². The van der Waals surface area contributed by atoms with E-state index in [0.717, 1.165) is 25.2 Å². The van der Waals surface area contributed by atoms with Crippen molar-refractivity contribution in [3.63, 3.8) is 0 Å². The molecule has 2 heterocycles. The highest BCUT2D eigenvalue weighted by Gasteiger charge is 2.29. The van der Waals surface area contributed by atoms with Gasteiger partial charge in [-0.15, -0.1) is 0 Å². The number of carbonyl (C=O) groups is 1. The number of sulfonamides is 1. The van der Waals surface area contributed by atoms with E-state index in [9.17, 15) is 13.2 Å². The van der Waals surface area contributed by atoms with Crippen LogP contribution < -0.4 is 5.32 Å². The molecule has 0 bridgehead atoms. The Morgan fingerprint density at radius 1 is 1.15 bits per heavy atom. The molecule has 0 aromatic carbocycles. The van der Waals surface area contributed by atoms with Crippen LogP contribution in [0.5, 0.6) is 0 Å². The van der Waals surface area contributed by atoms with Gasteiger partial charge in [0.15, 0.2) is 0 Å². The van der Waals surface area contributed by atoms with Crippen LogP contribution in [0.4, 0.5) is 0 Å². The van der Waals surface area contributed by atoms with Gasteiger partial charge in [0.05, 0.1) is 0 Å². The highest BCUT2D eigenvalue weighted by atomic mass is 32.2. The van der Waals surface area contributed by atoms with Crippen molar-refractivity contribution in [3.05, 3.63) is 24.5 Å². The first-order chi connectivity index (χ1) is 12.6.